The third kappa shape index (κ3) is 24.5. The zero-order valence-corrected chi connectivity index (χ0v) is 9.57. The van der Waals surface area contributed by atoms with Crippen LogP contribution < -0.4 is 0 Å². The van der Waals surface area contributed by atoms with Gasteiger partial charge in [-0.3, -0.25) is 0 Å². The summed E-state index contributed by atoms with van der Waals surface area (Å²) in [6, 6.07) is 0. The van der Waals surface area contributed by atoms with Gasteiger partial charge in [-0.15, -0.1) is 13.2 Å². The van der Waals surface area contributed by atoms with Crippen molar-refractivity contribution in [2.45, 2.75) is 6.92 Å². The number of rotatable bonds is 1. The largest absolute Gasteiger partial charge is 0.507 e. The molecule has 90 valence electrons. The van der Waals surface area contributed by atoms with Crippen molar-refractivity contribution in [2.24, 2.45) is 0 Å². The van der Waals surface area contributed by atoms with Crippen molar-refractivity contribution in [1.29, 1.82) is 0 Å². The molecule has 0 aliphatic carbocycles. The van der Waals surface area contributed by atoms with Gasteiger partial charge in [-0.1, -0.05) is 0 Å². The van der Waals surface area contributed by atoms with Gasteiger partial charge >= 0.3 is 12.3 Å². The maximum Gasteiger partial charge on any atom is 0.507 e. The van der Waals surface area contributed by atoms with Crippen LogP contribution in [-0.2, 0) is 18.9 Å². The minimum Gasteiger partial charge on any atom is -0.438 e. The van der Waals surface area contributed by atoms with Gasteiger partial charge in [0.2, 0.25) is 0 Å². The summed E-state index contributed by atoms with van der Waals surface area (Å²) >= 11 is 0. The van der Waals surface area contributed by atoms with Crippen molar-refractivity contribution in [3.05, 3.63) is 13.2 Å². The lowest BCUT2D eigenvalue weighted by Crippen LogP contribution is -2.02. The molecule has 0 amide bonds. The Hall–Kier alpha value is -1.72. The van der Waals surface area contributed by atoms with E-state index >= 15 is 0 Å². The van der Waals surface area contributed by atoms with Crippen LogP contribution in [0.2, 0.25) is 0 Å². The molecule has 6 nitrogen and oxygen atoms in total. The van der Waals surface area contributed by atoms with Gasteiger partial charge in [-0.05, 0) is 6.92 Å². The smallest absolute Gasteiger partial charge is 0.438 e. The van der Waals surface area contributed by atoms with Gasteiger partial charge < -0.3 is 18.9 Å². The molecule has 0 heterocycles. The molecule has 0 aromatic heterocycles. The Morgan fingerprint density at radius 1 is 0.933 bits per heavy atom. The lowest BCUT2D eigenvalue weighted by atomic mass is 10.9. The fourth-order valence-electron chi connectivity index (χ4n) is 0.260. The number of hydrogen-bond donors (Lipinski definition) is 0. The van der Waals surface area contributed by atoms with E-state index in [2.05, 4.69) is 32.1 Å². The first-order chi connectivity index (χ1) is 7.12. The van der Waals surface area contributed by atoms with E-state index in [1.165, 1.54) is 21.3 Å². The first-order valence-electron chi connectivity index (χ1n) is 3.95. The highest BCUT2D eigenvalue weighted by atomic mass is 16.7. The van der Waals surface area contributed by atoms with Gasteiger partial charge in [0.05, 0.1) is 27.9 Å². The van der Waals surface area contributed by atoms with Gasteiger partial charge in [-0.2, -0.15) is 0 Å². The van der Waals surface area contributed by atoms with E-state index in [0.29, 0.717) is 6.61 Å². The molecule has 0 spiro atoms. The Balaban J connectivity index is -0.000000166. The Kier molecular flexibility index (Phi) is 22.9. The summed E-state index contributed by atoms with van der Waals surface area (Å²) in [5, 5.41) is 0. The first kappa shape index (κ1) is 18.9. The van der Waals surface area contributed by atoms with Crippen LogP contribution in [0.1, 0.15) is 6.92 Å². The van der Waals surface area contributed by atoms with E-state index in [-0.39, 0.29) is 0 Å². The van der Waals surface area contributed by atoms with Gasteiger partial charge in [0.15, 0.2) is 0 Å². The molecule has 0 aromatic carbocycles. The van der Waals surface area contributed by atoms with Crippen LogP contribution in [0, 0.1) is 0 Å². The molecular formula is C9H18O6. The normalized spacial score (nSPS) is 6.67. The van der Waals surface area contributed by atoms with Crippen molar-refractivity contribution in [1.82, 2.24) is 0 Å². The molecule has 0 aliphatic rings. The summed E-state index contributed by atoms with van der Waals surface area (Å²) in [4.78, 5) is 19.7. The minimum absolute atomic E-state index is 0.368. The quantitative estimate of drug-likeness (QED) is 0.499. The Morgan fingerprint density at radius 2 is 1.27 bits per heavy atom. The van der Waals surface area contributed by atoms with E-state index in [9.17, 15) is 9.59 Å². The second-order valence-corrected chi connectivity index (χ2v) is 1.55. The van der Waals surface area contributed by atoms with Crippen molar-refractivity contribution < 1.29 is 28.5 Å². The van der Waals surface area contributed by atoms with Gasteiger partial charge in [-0.25, -0.2) is 9.59 Å². The van der Waals surface area contributed by atoms with E-state index in [1.807, 2.05) is 0 Å². The number of ether oxygens (including phenoxy) is 4. The monoisotopic (exact) mass is 222 g/mol. The zero-order chi connectivity index (χ0) is 12.7. The highest BCUT2D eigenvalue weighted by molar-refractivity contribution is 5.59. The van der Waals surface area contributed by atoms with Crippen LogP contribution in [0.15, 0.2) is 13.2 Å². The minimum atomic E-state index is -0.657. The third-order valence-electron chi connectivity index (χ3n) is 0.762. The molecule has 0 N–H and O–H groups in total. The molecule has 0 fully saturated rings. The molecule has 15 heavy (non-hydrogen) atoms. The fourth-order valence-corrected chi connectivity index (χ4v) is 0.260. The summed E-state index contributed by atoms with van der Waals surface area (Å²) in [6.45, 7) is 8.09. The topological polar surface area (TPSA) is 71.1 Å². The molecule has 0 rings (SSSR count). The van der Waals surface area contributed by atoms with Gasteiger partial charge in [0, 0.05) is 0 Å². The average molecular weight is 222 g/mol. The summed E-state index contributed by atoms with van der Waals surface area (Å²) < 4.78 is 16.5. The first-order valence-corrected chi connectivity index (χ1v) is 3.95. The number of methoxy groups -OCH3 is 3. The van der Waals surface area contributed by atoms with Crippen LogP contribution in [0.3, 0.4) is 0 Å². The van der Waals surface area contributed by atoms with Crippen LogP contribution >= 0.6 is 0 Å². The van der Waals surface area contributed by atoms with Crippen LogP contribution in [0.4, 0.5) is 9.59 Å². The molecule has 0 bridgehead atoms. The SMILES string of the molecule is C=C.CCOC(=O)OC.COC(=O)OC. The molecular weight excluding hydrogens is 204 g/mol. The van der Waals surface area contributed by atoms with Crippen LogP contribution in [0.25, 0.3) is 0 Å². The second-order valence-electron chi connectivity index (χ2n) is 1.55. The number of hydrogen-bond acceptors (Lipinski definition) is 6. The average Bonchev–Trinajstić information content (AvgIpc) is 2.31. The fraction of sp³-hybridized carbons (Fsp3) is 0.556. The molecule has 0 saturated heterocycles. The molecule has 0 saturated carbocycles. The highest BCUT2D eigenvalue weighted by Gasteiger charge is 1.92. The standard InChI is InChI=1S/C4H8O3.C3H6O3.C2H4/c1-3-7-4(5)6-2;1-5-3(4)6-2;1-2/h3H2,1-2H3;1-2H3;1-2H2. The summed E-state index contributed by atoms with van der Waals surface area (Å²) in [5.74, 6) is 0. The third-order valence-corrected chi connectivity index (χ3v) is 0.762. The van der Waals surface area contributed by atoms with Crippen LogP contribution in [0.5, 0.6) is 0 Å². The Bertz CT molecular complexity index is 151. The van der Waals surface area contributed by atoms with Crippen molar-refractivity contribution >= 4 is 12.3 Å². The summed E-state index contributed by atoms with van der Waals surface area (Å²) in [7, 11) is 3.79. The van der Waals surface area contributed by atoms with Crippen molar-refractivity contribution in [3.8, 4) is 0 Å². The summed E-state index contributed by atoms with van der Waals surface area (Å²) in [6.07, 6.45) is -1.28. The van der Waals surface area contributed by atoms with Crippen LogP contribution in [-0.4, -0.2) is 40.2 Å². The predicted molar refractivity (Wildman–Crippen MR) is 54.7 cm³/mol. The predicted octanol–water partition coefficient (Wildman–Crippen LogP) is 1.99. The van der Waals surface area contributed by atoms with E-state index in [0.717, 1.165) is 0 Å². The maximum atomic E-state index is 9.97. The number of carbonyl (C=O) groups is 2. The van der Waals surface area contributed by atoms with E-state index in [4.69, 9.17) is 0 Å². The van der Waals surface area contributed by atoms with Gasteiger partial charge in [0.25, 0.3) is 0 Å². The summed E-state index contributed by atoms with van der Waals surface area (Å²) in [5.41, 5.74) is 0. The second kappa shape index (κ2) is 18.1. The molecule has 0 aliphatic heterocycles. The van der Waals surface area contributed by atoms with Gasteiger partial charge in [0.1, 0.15) is 0 Å². The molecule has 0 atom stereocenters. The number of carbonyl (C=O) groups excluding carboxylic acids is 2. The Morgan fingerprint density at radius 3 is 1.33 bits per heavy atom. The van der Waals surface area contributed by atoms with Crippen molar-refractivity contribution in [2.75, 3.05) is 27.9 Å². The Labute approximate surface area is 89.8 Å². The molecule has 6 heteroatoms. The molecule has 0 aromatic rings. The van der Waals surface area contributed by atoms with E-state index in [1.54, 1.807) is 6.92 Å². The zero-order valence-electron chi connectivity index (χ0n) is 9.57. The maximum absolute atomic E-state index is 9.97. The highest BCUT2D eigenvalue weighted by Crippen LogP contribution is 1.77. The molecule has 0 unspecified atom stereocenters. The van der Waals surface area contributed by atoms with E-state index < -0.39 is 12.3 Å². The molecule has 0 radical (unpaired) electrons. The lowest BCUT2D eigenvalue weighted by Gasteiger charge is -1.94. The lowest BCUT2D eigenvalue weighted by molar-refractivity contribution is 0.0770. The van der Waals surface area contributed by atoms with Crippen molar-refractivity contribution in [3.63, 3.8) is 0 Å².